The molecule has 156 valence electrons. The first-order valence-corrected chi connectivity index (χ1v) is 8.67. The summed E-state index contributed by atoms with van der Waals surface area (Å²) in [5, 5.41) is 15.0. The van der Waals surface area contributed by atoms with E-state index in [9.17, 15) is 23.2 Å². The standard InChI is InChI=1S/C18H19F3N6O.ClH/c1-10-6-17(9-24-8-10,27-16(28)15(23)18(19,20)21)12-3-2-11(7-22)13-14(12)26-5-4-25-13;/h2-5,10,15,24H,6,8-9,23H2,1H3,(H,27,28);1H/t10-,15-,17-;/m0./s1. The van der Waals surface area contributed by atoms with Gasteiger partial charge in [0.1, 0.15) is 11.6 Å². The van der Waals surface area contributed by atoms with E-state index in [1.54, 1.807) is 6.07 Å². The van der Waals surface area contributed by atoms with E-state index >= 15 is 0 Å². The Labute approximate surface area is 171 Å². The fraction of sp³-hybridized carbons (Fsp3) is 0.444. The lowest BCUT2D eigenvalue weighted by Gasteiger charge is -2.42. The van der Waals surface area contributed by atoms with Gasteiger partial charge in [-0.25, -0.2) is 0 Å². The van der Waals surface area contributed by atoms with Gasteiger partial charge in [0, 0.05) is 24.5 Å². The molecule has 1 amide bonds. The Morgan fingerprint density at radius 1 is 1.38 bits per heavy atom. The number of amides is 1. The molecule has 1 aromatic carbocycles. The van der Waals surface area contributed by atoms with E-state index in [-0.39, 0.29) is 30.4 Å². The predicted molar refractivity (Wildman–Crippen MR) is 102 cm³/mol. The van der Waals surface area contributed by atoms with Crippen molar-refractivity contribution in [2.45, 2.75) is 31.1 Å². The zero-order chi connectivity index (χ0) is 20.5. The van der Waals surface area contributed by atoms with Crippen molar-refractivity contribution in [2.75, 3.05) is 13.1 Å². The molecule has 1 aliphatic heterocycles. The smallest absolute Gasteiger partial charge is 0.344 e. The molecule has 1 saturated heterocycles. The monoisotopic (exact) mass is 428 g/mol. The van der Waals surface area contributed by atoms with Crippen LogP contribution in [0.3, 0.4) is 0 Å². The van der Waals surface area contributed by atoms with E-state index in [0.717, 1.165) is 0 Å². The Balaban J connectivity index is 0.00000300. The molecule has 0 spiro atoms. The van der Waals surface area contributed by atoms with Crippen LogP contribution in [0.1, 0.15) is 24.5 Å². The van der Waals surface area contributed by atoms with Crippen molar-refractivity contribution in [3.05, 3.63) is 35.7 Å². The van der Waals surface area contributed by atoms with Gasteiger partial charge in [0.2, 0.25) is 5.91 Å². The molecule has 0 radical (unpaired) electrons. The number of nitrogens with two attached hydrogens (primary N) is 1. The molecule has 3 atom stereocenters. The minimum absolute atomic E-state index is 0. The summed E-state index contributed by atoms with van der Waals surface area (Å²) >= 11 is 0. The van der Waals surface area contributed by atoms with Crippen LogP contribution in [0, 0.1) is 17.2 Å². The number of carbonyl (C=O) groups excluding carboxylic acids is 1. The zero-order valence-corrected chi connectivity index (χ0v) is 16.3. The van der Waals surface area contributed by atoms with E-state index < -0.39 is 23.7 Å². The number of aromatic nitrogens is 2. The first-order chi connectivity index (χ1) is 13.2. The predicted octanol–water partition coefficient (Wildman–Crippen LogP) is 1.75. The number of fused-ring (bicyclic) bond motifs is 1. The van der Waals surface area contributed by atoms with E-state index in [4.69, 9.17) is 5.73 Å². The van der Waals surface area contributed by atoms with Gasteiger partial charge in [-0.05, 0) is 24.9 Å². The summed E-state index contributed by atoms with van der Waals surface area (Å²) in [6, 6.07) is 2.52. The molecule has 2 aromatic rings. The van der Waals surface area contributed by atoms with Crippen molar-refractivity contribution in [1.82, 2.24) is 20.6 Å². The Hall–Kier alpha value is -2.48. The number of hydrogen-bond donors (Lipinski definition) is 3. The summed E-state index contributed by atoms with van der Waals surface area (Å²) in [6.07, 6.45) is -1.61. The van der Waals surface area contributed by atoms with Gasteiger partial charge in [0.15, 0.2) is 6.04 Å². The van der Waals surface area contributed by atoms with Crippen molar-refractivity contribution >= 4 is 29.3 Å². The molecule has 4 N–H and O–H groups in total. The summed E-state index contributed by atoms with van der Waals surface area (Å²) < 4.78 is 38.8. The lowest BCUT2D eigenvalue weighted by atomic mass is 9.77. The number of nitrogens with one attached hydrogen (secondary N) is 2. The Morgan fingerprint density at radius 2 is 2.03 bits per heavy atom. The second kappa shape index (κ2) is 8.49. The van der Waals surface area contributed by atoms with E-state index in [2.05, 4.69) is 20.6 Å². The molecule has 11 heteroatoms. The molecular weight excluding hydrogens is 409 g/mol. The van der Waals surface area contributed by atoms with Crippen LogP contribution < -0.4 is 16.4 Å². The van der Waals surface area contributed by atoms with Crippen LogP contribution in [0.15, 0.2) is 24.5 Å². The maximum Gasteiger partial charge on any atom is 0.412 e. The van der Waals surface area contributed by atoms with E-state index in [1.165, 1.54) is 18.5 Å². The zero-order valence-electron chi connectivity index (χ0n) is 15.5. The number of piperidine rings is 1. The Morgan fingerprint density at radius 3 is 2.62 bits per heavy atom. The van der Waals surface area contributed by atoms with Gasteiger partial charge in [-0.1, -0.05) is 13.0 Å². The number of hydrogen-bond acceptors (Lipinski definition) is 6. The number of carbonyl (C=O) groups is 1. The largest absolute Gasteiger partial charge is 0.412 e. The van der Waals surface area contributed by atoms with Gasteiger partial charge in [-0.15, -0.1) is 12.4 Å². The van der Waals surface area contributed by atoms with Crippen LogP contribution in [0.2, 0.25) is 0 Å². The fourth-order valence-corrected chi connectivity index (χ4v) is 3.63. The van der Waals surface area contributed by atoms with Gasteiger partial charge in [0.25, 0.3) is 0 Å². The Bertz CT molecular complexity index is 947. The van der Waals surface area contributed by atoms with Gasteiger partial charge in [-0.3, -0.25) is 14.8 Å². The summed E-state index contributed by atoms with van der Waals surface area (Å²) in [5.41, 5.74) is 5.42. The van der Waals surface area contributed by atoms with Crippen molar-refractivity contribution in [3.8, 4) is 6.07 Å². The summed E-state index contributed by atoms with van der Waals surface area (Å²) in [5.74, 6) is -1.25. The van der Waals surface area contributed by atoms with Crippen LogP contribution in [0.5, 0.6) is 0 Å². The van der Waals surface area contributed by atoms with E-state index in [1.807, 2.05) is 13.0 Å². The first kappa shape index (κ1) is 22.8. The highest BCUT2D eigenvalue weighted by Crippen LogP contribution is 2.36. The van der Waals surface area contributed by atoms with Crippen LogP contribution >= 0.6 is 12.4 Å². The highest BCUT2D eigenvalue weighted by atomic mass is 35.5. The molecule has 0 aliphatic carbocycles. The minimum Gasteiger partial charge on any atom is -0.344 e. The molecular formula is C18H20ClF3N6O. The lowest BCUT2D eigenvalue weighted by Crippen LogP contribution is -2.62. The molecule has 2 heterocycles. The molecule has 1 aliphatic rings. The highest BCUT2D eigenvalue weighted by Gasteiger charge is 2.46. The summed E-state index contributed by atoms with van der Waals surface area (Å²) in [4.78, 5) is 20.8. The summed E-state index contributed by atoms with van der Waals surface area (Å²) in [6.45, 7) is 2.78. The average Bonchev–Trinajstić information content (AvgIpc) is 2.65. The minimum atomic E-state index is -4.86. The quantitative estimate of drug-likeness (QED) is 0.685. The fourth-order valence-electron chi connectivity index (χ4n) is 3.63. The SMILES string of the molecule is C[C@@H]1CNC[C@](NC(=O)[C@H](N)C(F)(F)F)(c2ccc(C#N)c3nccnc23)C1.Cl. The summed E-state index contributed by atoms with van der Waals surface area (Å²) in [7, 11) is 0. The maximum absolute atomic E-state index is 12.9. The second-order valence-corrected chi connectivity index (χ2v) is 7.06. The van der Waals surface area contributed by atoms with Gasteiger partial charge in [-0.2, -0.15) is 18.4 Å². The molecule has 0 saturated carbocycles. The second-order valence-electron chi connectivity index (χ2n) is 7.06. The van der Waals surface area contributed by atoms with Crippen molar-refractivity contribution < 1.29 is 18.0 Å². The van der Waals surface area contributed by atoms with Crippen LogP contribution in [-0.2, 0) is 10.3 Å². The maximum atomic E-state index is 12.9. The molecule has 7 nitrogen and oxygen atoms in total. The molecule has 29 heavy (non-hydrogen) atoms. The molecule has 3 rings (SSSR count). The van der Waals surface area contributed by atoms with Gasteiger partial charge < -0.3 is 16.4 Å². The van der Waals surface area contributed by atoms with Crippen molar-refractivity contribution in [3.63, 3.8) is 0 Å². The van der Waals surface area contributed by atoms with Crippen LogP contribution in [-0.4, -0.2) is 41.2 Å². The molecule has 0 unspecified atom stereocenters. The third-order valence-corrected chi connectivity index (χ3v) is 4.88. The average molecular weight is 429 g/mol. The molecule has 1 aromatic heterocycles. The lowest BCUT2D eigenvalue weighted by molar-refractivity contribution is -0.164. The number of alkyl halides is 3. The topological polar surface area (TPSA) is 117 Å². The van der Waals surface area contributed by atoms with Crippen LogP contribution in [0.25, 0.3) is 11.0 Å². The number of nitriles is 1. The van der Waals surface area contributed by atoms with Gasteiger partial charge >= 0.3 is 6.18 Å². The van der Waals surface area contributed by atoms with Crippen molar-refractivity contribution in [2.24, 2.45) is 11.7 Å². The molecule has 0 bridgehead atoms. The van der Waals surface area contributed by atoms with Crippen molar-refractivity contribution in [1.29, 1.82) is 5.26 Å². The number of halogens is 4. The molecule has 1 fully saturated rings. The highest BCUT2D eigenvalue weighted by molar-refractivity contribution is 5.87. The number of nitrogens with zero attached hydrogens (tertiary/aromatic N) is 3. The first-order valence-electron chi connectivity index (χ1n) is 8.67. The third-order valence-electron chi connectivity index (χ3n) is 4.88. The van der Waals surface area contributed by atoms with Crippen LogP contribution in [0.4, 0.5) is 13.2 Å². The number of benzene rings is 1. The normalized spacial score (nSPS) is 23.0. The van der Waals surface area contributed by atoms with E-state index in [0.29, 0.717) is 29.6 Å². The Kier molecular flexibility index (Phi) is 6.67. The van der Waals surface area contributed by atoms with Gasteiger partial charge in [0.05, 0.1) is 16.6 Å². The third kappa shape index (κ3) is 4.42. The number of rotatable bonds is 3.